The summed E-state index contributed by atoms with van der Waals surface area (Å²) in [5.74, 6) is -0.137. The van der Waals surface area contributed by atoms with Crippen molar-refractivity contribution in [3.8, 4) is 0 Å². The summed E-state index contributed by atoms with van der Waals surface area (Å²) in [5, 5.41) is 55.1. The van der Waals surface area contributed by atoms with E-state index in [4.69, 9.17) is 9.47 Å². The molecule has 6 N–H and O–H groups in total. The van der Waals surface area contributed by atoms with Gasteiger partial charge in [0.15, 0.2) is 6.29 Å². The zero-order valence-electron chi connectivity index (χ0n) is 62.0. The molecule has 1 heterocycles. The molecule has 0 saturated carbocycles. The first-order valence-corrected chi connectivity index (χ1v) is 41.1. The number of hydrogen-bond donors (Lipinski definition) is 6. The van der Waals surface area contributed by atoms with Gasteiger partial charge in [-0.15, -0.1) is 0 Å². The monoisotopic (exact) mass is 1320 g/mol. The Hall–Kier alpha value is -2.37. The summed E-state index contributed by atoms with van der Waals surface area (Å²) in [7, 11) is 0. The van der Waals surface area contributed by atoms with Gasteiger partial charge in [0.2, 0.25) is 5.91 Å². The minimum absolute atomic E-state index is 0.135. The van der Waals surface area contributed by atoms with Gasteiger partial charge >= 0.3 is 0 Å². The molecule has 0 aromatic rings. The second kappa shape index (κ2) is 73.3. The highest BCUT2D eigenvalue weighted by Gasteiger charge is 2.44. The molecule has 0 radical (unpaired) electrons. The maximum absolute atomic E-state index is 13.2. The van der Waals surface area contributed by atoms with E-state index in [1.807, 2.05) is 0 Å². The number of allylic oxidation sites excluding steroid dienone is 12. The molecule has 0 spiro atoms. The molecule has 1 aliphatic rings. The molecule has 7 atom stereocenters. The maximum Gasteiger partial charge on any atom is 0.220 e. The lowest BCUT2D eigenvalue weighted by molar-refractivity contribution is -0.302. The van der Waals surface area contributed by atoms with Crippen LogP contribution in [0, 0.1) is 0 Å². The molecule has 0 aliphatic carbocycles. The zero-order valence-corrected chi connectivity index (χ0v) is 62.0. The molecule has 0 aromatic carbocycles. The number of aliphatic hydroxyl groups is 5. The summed E-state index contributed by atoms with van der Waals surface area (Å²) in [5.41, 5.74) is 0. The van der Waals surface area contributed by atoms with Gasteiger partial charge in [-0.25, -0.2) is 0 Å². The van der Waals surface area contributed by atoms with Gasteiger partial charge in [0.25, 0.3) is 0 Å². The molecule has 0 aromatic heterocycles. The van der Waals surface area contributed by atoms with Crippen LogP contribution in [-0.4, -0.2) is 87.5 Å². The van der Waals surface area contributed by atoms with E-state index in [2.05, 4.69) is 92.1 Å². The molecule has 1 saturated heterocycles. The minimum Gasteiger partial charge on any atom is -0.394 e. The summed E-state index contributed by atoms with van der Waals surface area (Å²) in [4.78, 5) is 13.2. The average Bonchev–Trinajstić information content (AvgIpc) is 0.829. The van der Waals surface area contributed by atoms with Crippen molar-refractivity contribution in [3.05, 3.63) is 72.9 Å². The van der Waals surface area contributed by atoms with Crippen molar-refractivity contribution in [2.75, 3.05) is 13.2 Å². The summed E-state index contributed by atoms with van der Waals surface area (Å²) in [6, 6.07) is -0.722. The number of ether oxygens (including phenoxy) is 2. The first-order chi connectivity index (χ1) is 46.3. The zero-order chi connectivity index (χ0) is 67.8. The summed E-state index contributed by atoms with van der Waals surface area (Å²) < 4.78 is 11.4. The molecule has 1 rings (SSSR count). The van der Waals surface area contributed by atoms with Crippen LogP contribution in [0.3, 0.4) is 0 Å². The summed E-state index contributed by atoms with van der Waals surface area (Å²) in [6.07, 6.45) is 97.3. The molecule has 1 fully saturated rings. The fourth-order valence-corrected chi connectivity index (χ4v) is 13.2. The van der Waals surface area contributed by atoms with E-state index in [0.29, 0.717) is 12.8 Å². The number of amides is 1. The standard InChI is InChI=1S/C85H157NO8/c1-3-5-7-9-11-13-15-17-19-21-23-25-27-29-31-33-35-37-38-39-40-41-42-43-45-47-49-51-53-55-57-59-61-63-65-67-69-71-73-75-81(89)86-78(77-93-85-84(92)83(91)82(90)80(76-87)94-85)79(88)74-72-70-68-66-64-62-60-58-56-54-52-50-48-46-44-36-34-32-30-28-26-24-22-20-18-16-14-12-10-8-6-4-2/h5,7,11,13,17,19,23,25,29,31,35,37,78-80,82-85,87-88,90-92H,3-4,6,8-10,12,14-16,18,20-22,24,26-28,30,32-34,36,38-77H2,1-2H3,(H,86,89)/b7-5-,13-11-,19-17-,25-23-,31-29-,37-35-. The molecule has 1 amide bonds. The first-order valence-electron chi connectivity index (χ1n) is 41.1. The lowest BCUT2D eigenvalue weighted by Crippen LogP contribution is -2.60. The van der Waals surface area contributed by atoms with E-state index in [9.17, 15) is 30.3 Å². The van der Waals surface area contributed by atoms with Crippen molar-refractivity contribution in [3.63, 3.8) is 0 Å². The van der Waals surface area contributed by atoms with E-state index in [-0.39, 0.29) is 12.5 Å². The van der Waals surface area contributed by atoms with Crippen molar-refractivity contribution in [2.45, 2.75) is 448 Å². The van der Waals surface area contributed by atoms with Gasteiger partial charge in [0.05, 0.1) is 25.4 Å². The fraction of sp³-hybridized carbons (Fsp3) is 0.847. The Labute approximate surface area is 582 Å². The number of hydrogen-bond acceptors (Lipinski definition) is 8. The van der Waals surface area contributed by atoms with Crippen molar-refractivity contribution in [1.29, 1.82) is 0 Å². The van der Waals surface area contributed by atoms with Crippen LogP contribution in [0.4, 0.5) is 0 Å². The topological polar surface area (TPSA) is 149 Å². The van der Waals surface area contributed by atoms with Gasteiger partial charge in [0, 0.05) is 6.42 Å². The number of aliphatic hydroxyl groups excluding tert-OH is 5. The van der Waals surface area contributed by atoms with Crippen molar-refractivity contribution >= 4 is 5.91 Å². The Bertz CT molecular complexity index is 1730. The lowest BCUT2D eigenvalue weighted by atomic mass is 9.99. The number of unbranched alkanes of at least 4 members (excludes halogenated alkanes) is 51. The molecule has 0 bridgehead atoms. The predicted octanol–water partition coefficient (Wildman–Crippen LogP) is 23.8. The largest absolute Gasteiger partial charge is 0.394 e. The number of rotatable bonds is 73. The van der Waals surface area contributed by atoms with Gasteiger partial charge in [-0.05, 0) is 64.2 Å². The summed E-state index contributed by atoms with van der Waals surface area (Å²) >= 11 is 0. The Morgan fingerprint density at radius 1 is 0.372 bits per heavy atom. The van der Waals surface area contributed by atoms with Crippen LogP contribution < -0.4 is 5.32 Å². The van der Waals surface area contributed by atoms with Crippen LogP contribution >= 0.6 is 0 Å². The Kier molecular flexibility index (Phi) is 69.9. The highest BCUT2D eigenvalue weighted by Crippen LogP contribution is 2.24. The quantitative estimate of drug-likeness (QED) is 0.0261. The smallest absolute Gasteiger partial charge is 0.220 e. The van der Waals surface area contributed by atoms with E-state index in [1.54, 1.807) is 0 Å². The van der Waals surface area contributed by atoms with Crippen LogP contribution in [0.15, 0.2) is 72.9 Å². The third kappa shape index (κ3) is 60.8. The SMILES string of the molecule is CC/C=C\C/C=C\C/C=C\C/C=C\C/C=C\C/C=C\CCCCCCCCCCCCCCCCCCCCCCC(=O)NC(COC1OC(CO)C(O)C(O)C1O)C(O)CCCCCCCCCCCCCCCCCCCCCCCCCCCCCCCCCC. The average molecular weight is 1320 g/mol. The van der Waals surface area contributed by atoms with Crippen molar-refractivity contribution < 1.29 is 39.8 Å². The van der Waals surface area contributed by atoms with Crippen LogP contribution in [-0.2, 0) is 14.3 Å². The number of nitrogens with one attached hydrogen (secondary N) is 1. The molecule has 1 aliphatic heterocycles. The second-order valence-electron chi connectivity index (χ2n) is 28.5. The third-order valence-electron chi connectivity index (χ3n) is 19.6. The van der Waals surface area contributed by atoms with Crippen LogP contribution in [0.1, 0.15) is 406 Å². The molecular formula is C85H157NO8. The molecular weight excluding hydrogens is 1160 g/mol. The number of carbonyl (C=O) groups excluding carboxylic acids is 1. The van der Waals surface area contributed by atoms with E-state index >= 15 is 0 Å². The van der Waals surface area contributed by atoms with Gasteiger partial charge in [-0.2, -0.15) is 0 Å². The molecule has 550 valence electrons. The van der Waals surface area contributed by atoms with Crippen molar-refractivity contribution in [2.24, 2.45) is 0 Å². The second-order valence-corrected chi connectivity index (χ2v) is 28.5. The van der Waals surface area contributed by atoms with Gasteiger partial charge in [-0.1, -0.05) is 408 Å². The fourth-order valence-electron chi connectivity index (χ4n) is 13.2. The van der Waals surface area contributed by atoms with Gasteiger partial charge in [-0.3, -0.25) is 4.79 Å². The minimum atomic E-state index is -1.56. The van der Waals surface area contributed by atoms with Crippen LogP contribution in [0.2, 0.25) is 0 Å². The highest BCUT2D eigenvalue weighted by molar-refractivity contribution is 5.76. The van der Waals surface area contributed by atoms with Crippen LogP contribution in [0.25, 0.3) is 0 Å². The Morgan fingerprint density at radius 2 is 0.660 bits per heavy atom. The lowest BCUT2D eigenvalue weighted by Gasteiger charge is -2.40. The highest BCUT2D eigenvalue weighted by atomic mass is 16.7. The molecule has 9 nitrogen and oxygen atoms in total. The van der Waals surface area contributed by atoms with E-state index in [0.717, 1.165) is 77.0 Å². The van der Waals surface area contributed by atoms with Crippen molar-refractivity contribution in [1.82, 2.24) is 5.32 Å². The third-order valence-corrected chi connectivity index (χ3v) is 19.6. The van der Waals surface area contributed by atoms with Gasteiger partial charge < -0.3 is 40.3 Å². The normalized spacial score (nSPS) is 17.9. The van der Waals surface area contributed by atoms with E-state index in [1.165, 1.54) is 302 Å². The predicted molar refractivity (Wildman–Crippen MR) is 405 cm³/mol. The number of carbonyl (C=O) groups is 1. The van der Waals surface area contributed by atoms with Crippen LogP contribution in [0.5, 0.6) is 0 Å². The Balaban J connectivity index is 2.04. The maximum atomic E-state index is 13.2. The van der Waals surface area contributed by atoms with Gasteiger partial charge in [0.1, 0.15) is 24.4 Å². The molecule has 9 heteroatoms. The summed E-state index contributed by atoms with van der Waals surface area (Å²) in [6.45, 7) is 3.78. The Morgan fingerprint density at radius 3 is 0.979 bits per heavy atom. The molecule has 7 unspecified atom stereocenters. The first kappa shape index (κ1) is 89.6. The molecule has 94 heavy (non-hydrogen) atoms. The van der Waals surface area contributed by atoms with E-state index < -0.39 is 49.5 Å².